The molecule has 0 saturated carbocycles. The Morgan fingerprint density at radius 2 is 2.00 bits per heavy atom. The second-order valence-corrected chi connectivity index (χ2v) is 7.68. The van der Waals surface area contributed by atoms with Crippen molar-refractivity contribution in [2.45, 2.75) is 33.2 Å². The first-order valence-corrected chi connectivity index (χ1v) is 10.2. The molecule has 3 aromatic rings. The lowest BCUT2D eigenvalue weighted by Crippen LogP contribution is -2.37. The van der Waals surface area contributed by atoms with E-state index < -0.39 is 5.92 Å². The van der Waals surface area contributed by atoms with Gasteiger partial charge in [0.2, 0.25) is 11.8 Å². The van der Waals surface area contributed by atoms with Crippen molar-refractivity contribution in [3.05, 3.63) is 64.2 Å². The molecule has 8 nitrogen and oxygen atoms in total. The summed E-state index contributed by atoms with van der Waals surface area (Å²) in [5.74, 6) is -1.08. The van der Waals surface area contributed by atoms with E-state index in [0.29, 0.717) is 38.1 Å². The quantitative estimate of drug-likeness (QED) is 0.497. The van der Waals surface area contributed by atoms with Gasteiger partial charge in [-0.05, 0) is 62.1 Å². The molecule has 4 rings (SSSR count). The van der Waals surface area contributed by atoms with Crippen LogP contribution in [0.15, 0.2) is 47.4 Å². The minimum atomic E-state index is -0.662. The molecule has 1 aliphatic heterocycles. The van der Waals surface area contributed by atoms with Gasteiger partial charge in [0.1, 0.15) is 5.92 Å². The molecule has 0 bridgehead atoms. The SMILES string of the molecule is Cc1ccc(N2CCC(C(=O)NCCCn3nc4ccccn4c3=O)C2=O)cc1C. The average Bonchev–Trinajstić information content (AvgIpc) is 3.28. The number of nitrogens with zero attached hydrogens (tertiary/aromatic N) is 4. The van der Waals surface area contributed by atoms with Gasteiger partial charge in [-0.25, -0.2) is 9.48 Å². The minimum Gasteiger partial charge on any atom is -0.355 e. The Bertz CT molecular complexity index is 1160. The molecule has 2 aromatic heterocycles. The molecule has 1 unspecified atom stereocenters. The number of anilines is 1. The van der Waals surface area contributed by atoms with Crippen LogP contribution in [0.25, 0.3) is 5.65 Å². The number of nitrogens with one attached hydrogen (secondary N) is 1. The Morgan fingerprint density at radius 1 is 1.17 bits per heavy atom. The van der Waals surface area contributed by atoms with E-state index in [0.717, 1.165) is 11.3 Å². The molecule has 1 saturated heterocycles. The van der Waals surface area contributed by atoms with Gasteiger partial charge in [-0.15, -0.1) is 5.10 Å². The van der Waals surface area contributed by atoms with Gasteiger partial charge in [0, 0.05) is 31.5 Å². The van der Waals surface area contributed by atoms with Crippen LogP contribution in [0.1, 0.15) is 24.0 Å². The van der Waals surface area contributed by atoms with Crippen LogP contribution in [0, 0.1) is 19.8 Å². The highest BCUT2D eigenvalue weighted by Crippen LogP contribution is 2.27. The molecule has 0 radical (unpaired) electrons. The van der Waals surface area contributed by atoms with E-state index in [1.165, 1.54) is 14.6 Å². The van der Waals surface area contributed by atoms with Crippen molar-refractivity contribution in [3.63, 3.8) is 0 Å². The predicted octanol–water partition coefficient (Wildman–Crippen LogP) is 1.67. The molecule has 8 heteroatoms. The lowest BCUT2D eigenvalue weighted by molar-refractivity contribution is -0.132. The zero-order valence-corrected chi connectivity index (χ0v) is 17.2. The van der Waals surface area contributed by atoms with Crippen molar-refractivity contribution in [1.82, 2.24) is 19.5 Å². The monoisotopic (exact) mass is 407 g/mol. The van der Waals surface area contributed by atoms with E-state index in [4.69, 9.17) is 0 Å². The normalized spacial score (nSPS) is 16.4. The van der Waals surface area contributed by atoms with Crippen LogP contribution in [0.2, 0.25) is 0 Å². The Kier molecular flexibility index (Phi) is 5.39. The van der Waals surface area contributed by atoms with Crippen LogP contribution < -0.4 is 15.9 Å². The highest BCUT2D eigenvalue weighted by Gasteiger charge is 2.37. The Morgan fingerprint density at radius 3 is 2.77 bits per heavy atom. The highest BCUT2D eigenvalue weighted by atomic mass is 16.2. The predicted molar refractivity (Wildman–Crippen MR) is 113 cm³/mol. The lowest BCUT2D eigenvalue weighted by atomic mass is 10.1. The smallest absolute Gasteiger partial charge is 0.350 e. The van der Waals surface area contributed by atoms with E-state index >= 15 is 0 Å². The molecule has 1 fully saturated rings. The molecular formula is C22H25N5O3. The van der Waals surface area contributed by atoms with Gasteiger partial charge in [-0.3, -0.25) is 14.0 Å². The van der Waals surface area contributed by atoms with Crippen molar-refractivity contribution < 1.29 is 9.59 Å². The fourth-order valence-corrected chi connectivity index (χ4v) is 3.75. The summed E-state index contributed by atoms with van der Waals surface area (Å²) in [6.07, 6.45) is 2.73. The lowest BCUT2D eigenvalue weighted by Gasteiger charge is -2.18. The van der Waals surface area contributed by atoms with Crippen LogP contribution in [0.4, 0.5) is 5.69 Å². The first-order valence-electron chi connectivity index (χ1n) is 10.2. The van der Waals surface area contributed by atoms with E-state index in [-0.39, 0.29) is 17.5 Å². The van der Waals surface area contributed by atoms with E-state index in [2.05, 4.69) is 10.4 Å². The third kappa shape index (κ3) is 3.72. The van der Waals surface area contributed by atoms with Crippen LogP contribution in [0.5, 0.6) is 0 Å². The maximum atomic E-state index is 12.7. The standard InChI is InChI=1S/C22H25N5O3/c1-15-7-8-17(14-16(15)2)25-13-9-18(21(25)29)20(28)23-10-5-12-27-22(30)26-11-4-3-6-19(26)24-27/h3-4,6-8,11,14,18H,5,9-10,12-13H2,1-2H3,(H,23,28). The van der Waals surface area contributed by atoms with Crippen molar-refractivity contribution in [3.8, 4) is 0 Å². The summed E-state index contributed by atoms with van der Waals surface area (Å²) < 4.78 is 2.88. The molecule has 30 heavy (non-hydrogen) atoms. The molecule has 1 N–H and O–H groups in total. The molecular weight excluding hydrogens is 382 g/mol. The van der Waals surface area contributed by atoms with Crippen LogP contribution in [-0.4, -0.2) is 39.1 Å². The van der Waals surface area contributed by atoms with Gasteiger partial charge >= 0.3 is 5.69 Å². The summed E-state index contributed by atoms with van der Waals surface area (Å²) in [7, 11) is 0. The third-order valence-corrected chi connectivity index (χ3v) is 5.66. The maximum absolute atomic E-state index is 12.7. The average molecular weight is 407 g/mol. The number of carbonyl (C=O) groups is 2. The van der Waals surface area contributed by atoms with E-state index in [1.54, 1.807) is 23.2 Å². The molecule has 1 atom stereocenters. The molecule has 2 amide bonds. The van der Waals surface area contributed by atoms with Crippen LogP contribution in [-0.2, 0) is 16.1 Å². The summed E-state index contributed by atoms with van der Waals surface area (Å²) in [6.45, 7) is 5.36. The molecule has 3 heterocycles. The molecule has 156 valence electrons. The van der Waals surface area contributed by atoms with Crippen molar-refractivity contribution in [1.29, 1.82) is 0 Å². The summed E-state index contributed by atoms with van der Waals surface area (Å²) >= 11 is 0. The molecule has 1 aromatic carbocycles. The second kappa shape index (κ2) is 8.14. The van der Waals surface area contributed by atoms with Crippen molar-refractivity contribution in [2.24, 2.45) is 5.92 Å². The van der Waals surface area contributed by atoms with Crippen LogP contribution >= 0.6 is 0 Å². The Labute approximate surface area is 174 Å². The number of hydrogen-bond acceptors (Lipinski definition) is 4. The second-order valence-electron chi connectivity index (χ2n) is 7.68. The van der Waals surface area contributed by atoms with Crippen molar-refractivity contribution in [2.75, 3.05) is 18.0 Å². The number of rotatable bonds is 6. The fraction of sp³-hybridized carbons (Fsp3) is 0.364. The zero-order chi connectivity index (χ0) is 21.3. The Hall–Kier alpha value is -3.42. The number of pyridine rings is 1. The number of hydrogen-bond donors (Lipinski definition) is 1. The number of benzene rings is 1. The minimum absolute atomic E-state index is 0.160. The van der Waals surface area contributed by atoms with E-state index in [9.17, 15) is 14.4 Å². The number of aromatic nitrogens is 3. The molecule has 0 aliphatic carbocycles. The number of aryl methyl sites for hydroxylation is 3. The molecule has 0 spiro atoms. The number of carbonyl (C=O) groups excluding carboxylic acids is 2. The molecule has 1 aliphatic rings. The van der Waals surface area contributed by atoms with Gasteiger partial charge < -0.3 is 10.2 Å². The maximum Gasteiger partial charge on any atom is 0.350 e. The van der Waals surface area contributed by atoms with Crippen molar-refractivity contribution >= 4 is 23.1 Å². The van der Waals surface area contributed by atoms with Gasteiger partial charge in [0.05, 0.1) is 0 Å². The van der Waals surface area contributed by atoms with Gasteiger partial charge in [0.15, 0.2) is 5.65 Å². The first-order chi connectivity index (χ1) is 14.5. The summed E-state index contributed by atoms with van der Waals surface area (Å²) in [6, 6.07) is 11.3. The van der Waals surface area contributed by atoms with Gasteiger partial charge in [-0.2, -0.15) is 0 Å². The van der Waals surface area contributed by atoms with E-state index in [1.807, 2.05) is 38.1 Å². The summed E-state index contributed by atoms with van der Waals surface area (Å²) in [4.78, 5) is 39.2. The Balaban J connectivity index is 1.31. The summed E-state index contributed by atoms with van der Waals surface area (Å²) in [5, 5.41) is 7.10. The first kappa shape index (κ1) is 19.9. The number of fused-ring (bicyclic) bond motifs is 1. The highest BCUT2D eigenvalue weighted by molar-refractivity contribution is 6.09. The van der Waals surface area contributed by atoms with Crippen LogP contribution in [0.3, 0.4) is 0 Å². The largest absolute Gasteiger partial charge is 0.355 e. The fourth-order valence-electron chi connectivity index (χ4n) is 3.75. The van der Waals surface area contributed by atoms with Gasteiger partial charge in [-0.1, -0.05) is 12.1 Å². The third-order valence-electron chi connectivity index (χ3n) is 5.66. The summed E-state index contributed by atoms with van der Waals surface area (Å²) in [5.41, 5.74) is 3.52. The number of amides is 2. The van der Waals surface area contributed by atoms with Gasteiger partial charge in [0.25, 0.3) is 0 Å². The zero-order valence-electron chi connectivity index (χ0n) is 17.2. The topological polar surface area (TPSA) is 88.7 Å².